The molecule has 1 aromatic rings. The first kappa shape index (κ1) is 9.93. The molecule has 0 aliphatic heterocycles. The number of phenols is 1. The van der Waals surface area contributed by atoms with Crippen LogP contribution in [0, 0.1) is 11.8 Å². The Labute approximate surface area is 80.8 Å². The van der Waals surface area contributed by atoms with Gasteiger partial charge in [-0.1, -0.05) is 5.92 Å². The molecule has 0 aliphatic rings. The molecule has 2 N–H and O–H groups in total. The van der Waals surface area contributed by atoms with E-state index in [2.05, 4.69) is 5.92 Å². The van der Waals surface area contributed by atoms with Crippen molar-refractivity contribution in [3.05, 3.63) is 23.8 Å². The van der Waals surface area contributed by atoms with Crippen molar-refractivity contribution < 1.29 is 19.7 Å². The number of aliphatic carboxylic acids is 1. The lowest BCUT2D eigenvalue weighted by Gasteiger charge is -2.02. The molecule has 0 spiro atoms. The molecular formula is C10H8O4. The molecule has 1 rings (SSSR count). The molecule has 72 valence electrons. The number of rotatable bonds is 1. The second-order valence-electron chi connectivity index (χ2n) is 2.44. The standard InChI is InChI=1S/C10H8O4/c1-14-9-4-3-8(11)6-7(9)2-5-10(12)13/h3-4,6,11H,1H3,(H,12,13). The number of aromatic hydroxyl groups is 1. The van der Waals surface area contributed by atoms with Gasteiger partial charge in [-0.25, -0.2) is 4.79 Å². The minimum Gasteiger partial charge on any atom is -0.508 e. The number of ether oxygens (including phenoxy) is 1. The predicted molar refractivity (Wildman–Crippen MR) is 49.2 cm³/mol. The molecule has 4 heteroatoms. The van der Waals surface area contributed by atoms with Crippen LogP contribution >= 0.6 is 0 Å². The van der Waals surface area contributed by atoms with Crippen molar-refractivity contribution in [2.75, 3.05) is 7.11 Å². The van der Waals surface area contributed by atoms with E-state index < -0.39 is 5.97 Å². The van der Waals surface area contributed by atoms with E-state index >= 15 is 0 Å². The fraction of sp³-hybridized carbons (Fsp3) is 0.100. The monoisotopic (exact) mass is 192 g/mol. The van der Waals surface area contributed by atoms with Crippen LogP contribution in [-0.4, -0.2) is 23.3 Å². The average Bonchev–Trinajstić information content (AvgIpc) is 2.15. The van der Waals surface area contributed by atoms with Gasteiger partial charge in [0.15, 0.2) is 0 Å². The van der Waals surface area contributed by atoms with Crippen LogP contribution in [0.2, 0.25) is 0 Å². The zero-order chi connectivity index (χ0) is 10.6. The van der Waals surface area contributed by atoms with E-state index in [1.54, 1.807) is 0 Å². The van der Waals surface area contributed by atoms with Gasteiger partial charge in [-0.3, -0.25) is 0 Å². The van der Waals surface area contributed by atoms with Gasteiger partial charge in [-0.15, -0.1) is 0 Å². The van der Waals surface area contributed by atoms with Gasteiger partial charge < -0.3 is 14.9 Å². The molecular weight excluding hydrogens is 184 g/mol. The molecule has 1 aromatic carbocycles. The summed E-state index contributed by atoms with van der Waals surface area (Å²) in [5, 5.41) is 17.5. The summed E-state index contributed by atoms with van der Waals surface area (Å²) in [7, 11) is 1.44. The van der Waals surface area contributed by atoms with Crippen LogP contribution < -0.4 is 4.74 Å². The molecule has 0 atom stereocenters. The highest BCUT2D eigenvalue weighted by molar-refractivity contribution is 5.87. The normalized spacial score (nSPS) is 8.64. The first-order chi connectivity index (χ1) is 6.63. The molecule has 0 amide bonds. The number of carbonyl (C=O) groups is 1. The fourth-order valence-corrected chi connectivity index (χ4v) is 0.914. The Hall–Kier alpha value is -2.15. The van der Waals surface area contributed by atoms with Gasteiger partial charge in [0.05, 0.1) is 12.7 Å². The molecule has 4 nitrogen and oxygen atoms in total. The Balaban J connectivity index is 3.13. The molecule has 0 heterocycles. The molecule has 0 fully saturated rings. The van der Waals surface area contributed by atoms with Gasteiger partial charge in [0.2, 0.25) is 0 Å². The third kappa shape index (κ3) is 2.42. The largest absolute Gasteiger partial charge is 0.508 e. The van der Waals surface area contributed by atoms with Gasteiger partial charge >= 0.3 is 5.97 Å². The number of hydrogen-bond acceptors (Lipinski definition) is 3. The molecule has 0 saturated carbocycles. The van der Waals surface area contributed by atoms with Crippen LogP contribution in [0.5, 0.6) is 11.5 Å². The molecule has 14 heavy (non-hydrogen) atoms. The highest BCUT2D eigenvalue weighted by Gasteiger charge is 2.00. The van der Waals surface area contributed by atoms with Crippen molar-refractivity contribution in [3.63, 3.8) is 0 Å². The summed E-state index contributed by atoms with van der Waals surface area (Å²) in [4.78, 5) is 10.2. The van der Waals surface area contributed by atoms with Crippen molar-refractivity contribution >= 4 is 5.97 Å². The Morgan fingerprint density at radius 1 is 1.50 bits per heavy atom. The van der Waals surface area contributed by atoms with Gasteiger partial charge in [0, 0.05) is 5.92 Å². The van der Waals surface area contributed by atoms with Crippen LogP contribution in [0.25, 0.3) is 0 Å². The summed E-state index contributed by atoms with van der Waals surface area (Å²) < 4.78 is 4.93. The quantitative estimate of drug-likeness (QED) is 0.647. The summed E-state index contributed by atoms with van der Waals surface area (Å²) in [6, 6.07) is 4.29. The van der Waals surface area contributed by atoms with E-state index in [0.717, 1.165) is 0 Å². The zero-order valence-corrected chi connectivity index (χ0v) is 7.44. The van der Waals surface area contributed by atoms with E-state index in [0.29, 0.717) is 11.3 Å². The van der Waals surface area contributed by atoms with Crippen LogP contribution in [0.15, 0.2) is 18.2 Å². The first-order valence-electron chi connectivity index (χ1n) is 3.75. The average molecular weight is 192 g/mol. The highest BCUT2D eigenvalue weighted by atomic mass is 16.5. The lowest BCUT2D eigenvalue weighted by molar-refractivity contribution is -0.130. The Kier molecular flexibility index (Phi) is 2.97. The van der Waals surface area contributed by atoms with Crippen molar-refractivity contribution in [1.29, 1.82) is 0 Å². The summed E-state index contributed by atoms with van der Waals surface area (Å²) in [5.74, 6) is 3.52. The van der Waals surface area contributed by atoms with Crippen molar-refractivity contribution in [2.24, 2.45) is 0 Å². The van der Waals surface area contributed by atoms with Crippen LogP contribution in [-0.2, 0) is 4.79 Å². The number of carboxylic acids is 1. The van der Waals surface area contributed by atoms with Crippen molar-refractivity contribution in [3.8, 4) is 23.3 Å². The summed E-state index contributed by atoms with van der Waals surface area (Å²) in [6.45, 7) is 0. The summed E-state index contributed by atoms with van der Waals surface area (Å²) in [5.41, 5.74) is 0.343. The van der Waals surface area contributed by atoms with Gasteiger partial charge in [0.25, 0.3) is 0 Å². The lowest BCUT2D eigenvalue weighted by atomic mass is 10.2. The lowest BCUT2D eigenvalue weighted by Crippen LogP contribution is -1.90. The highest BCUT2D eigenvalue weighted by Crippen LogP contribution is 2.21. The molecule has 0 unspecified atom stereocenters. The second-order valence-corrected chi connectivity index (χ2v) is 2.44. The number of methoxy groups -OCH3 is 1. The maximum atomic E-state index is 10.2. The Morgan fingerprint density at radius 3 is 2.79 bits per heavy atom. The molecule has 0 aliphatic carbocycles. The van der Waals surface area contributed by atoms with Crippen molar-refractivity contribution in [1.82, 2.24) is 0 Å². The van der Waals surface area contributed by atoms with Crippen LogP contribution in [0.1, 0.15) is 5.56 Å². The second kappa shape index (κ2) is 4.19. The predicted octanol–water partition coefficient (Wildman–Crippen LogP) is 0.837. The minimum atomic E-state index is -1.23. The van der Waals surface area contributed by atoms with Crippen LogP contribution in [0.4, 0.5) is 0 Å². The molecule has 0 saturated heterocycles. The molecule has 0 radical (unpaired) electrons. The van der Waals surface area contributed by atoms with E-state index in [9.17, 15) is 4.79 Å². The van der Waals surface area contributed by atoms with Gasteiger partial charge in [-0.05, 0) is 18.2 Å². The van der Waals surface area contributed by atoms with Crippen molar-refractivity contribution in [2.45, 2.75) is 0 Å². The number of benzene rings is 1. The fourth-order valence-electron chi connectivity index (χ4n) is 0.914. The Bertz CT molecular complexity index is 412. The molecule has 0 bridgehead atoms. The maximum Gasteiger partial charge on any atom is 0.382 e. The van der Waals surface area contributed by atoms with E-state index in [1.165, 1.54) is 25.3 Å². The van der Waals surface area contributed by atoms with E-state index in [4.69, 9.17) is 14.9 Å². The van der Waals surface area contributed by atoms with E-state index in [1.807, 2.05) is 5.92 Å². The minimum absolute atomic E-state index is 0.0143. The number of phenolic OH excluding ortho intramolecular Hbond substituents is 1. The SMILES string of the molecule is COc1ccc(O)cc1C#CC(=O)O. The molecule has 0 aromatic heterocycles. The number of carboxylic acid groups (broad SMARTS) is 1. The zero-order valence-electron chi connectivity index (χ0n) is 7.44. The third-order valence-electron chi connectivity index (χ3n) is 1.49. The summed E-state index contributed by atoms with van der Waals surface area (Å²) in [6.07, 6.45) is 0. The first-order valence-corrected chi connectivity index (χ1v) is 3.75. The maximum absolute atomic E-state index is 10.2. The third-order valence-corrected chi connectivity index (χ3v) is 1.49. The van der Waals surface area contributed by atoms with Gasteiger partial charge in [0.1, 0.15) is 11.5 Å². The van der Waals surface area contributed by atoms with E-state index in [-0.39, 0.29) is 5.75 Å². The number of hydrogen-bond donors (Lipinski definition) is 2. The summed E-state index contributed by atoms with van der Waals surface area (Å²) >= 11 is 0. The topological polar surface area (TPSA) is 66.8 Å². The van der Waals surface area contributed by atoms with Gasteiger partial charge in [-0.2, -0.15) is 0 Å². The van der Waals surface area contributed by atoms with Crippen LogP contribution in [0.3, 0.4) is 0 Å². The smallest absolute Gasteiger partial charge is 0.382 e. The Morgan fingerprint density at radius 2 is 2.21 bits per heavy atom.